The molecule has 17 N–H and O–H groups in total. The van der Waals surface area contributed by atoms with E-state index < -0.39 is 185 Å². The van der Waals surface area contributed by atoms with Gasteiger partial charge in [-0.1, -0.05) is 20.8 Å². The van der Waals surface area contributed by atoms with E-state index in [-0.39, 0.29) is 12.8 Å². The van der Waals surface area contributed by atoms with Crippen molar-refractivity contribution in [2.45, 2.75) is 175 Å². The van der Waals surface area contributed by atoms with Gasteiger partial charge in [0, 0.05) is 12.5 Å². The van der Waals surface area contributed by atoms with Gasteiger partial charge >= 0.3 is 0 Å². The van der Waals surface area contributed by atoms with Crippen molar-refractivity contribution >= 4 is 0 Å². The molecular formula is C35H64O24. The minimum Gasteiger partial charge on any atom is -0.396 e. The molecule has 0 aromatic rings. The summed E-state index contributed by atoms with van der Waals surface area (Å²) < 4.78 is 38.8. The maximum atomic E-state index is 11.2. The number of ether oxygens (including phenoxy) is 7. The Kier molecular flexibility index (Phi) is 18.6. The van der Waals surface area contributed by atoms with Gasteiger partial charge < -0.3 is 120 Å². The van der Waals surface area contributed by atoms with Crippen LogP contribution in [0.5, 0.6) is 0 Å². The van der Waals surface area contributed by atoms with Gasteiger partial charge in [-0.05, 0) is 18.3 Å². The van der Waals surface area contributed by atoms with E-state index in [4.69, 9.17) is 33.2 Å². The maximum Gasteiger partial charge on any atom is 0.187 e. The van der Waals surface area contributed by atoms with Crippen molar-refractivity contribution in [1.29, 1.82) is 0 Å². The number of aliphatic hydroxyl groups excluding tert-OH is 17. The van der Waals surface area contributed by atoms with Crippen LogP contribution < -0.4 is 0 Å². The van der Waals surface area contributed by atoms with Crippen LogP contribution in [0.25, 0.3) is 0 Å². The van der Waals surface area contributed by atoms with Gasteiger partial charge in [-0.15, -0.1) is 0 Å². The molecule has 59 heavy (non-hydrogen) atoms. The second kappa shape index (κ2) is 21.6. The van der Waals surface area contributed by atoms with Crippen molar-refractivity contribution in [2.75, 3.05) is 33.0 Å². The Hall–Kier alpha value is -0.960. The fourth-order valence-corrected chi connectivity index (χ4v) is 7.49. The molecule has 4 fully saturated rings. The Morgan fingerprint density at radius 1 is 0.508 bits per heavy atom. The monoisotopic (exact) mass is 868 g/mol. The highest BCUT2D eigenvalue weighted by Crippen LogP contribution is 2.35. The Bertz CT molecular complexity index is 1250. The van der Waals surface area contributed by atoms with Crippen molar-refractivity contribution in [2.24, 2.45) is 11.3 Å². The van der Waals surface area contributed by atoms with Gasteiger partial charge in [0.15, 0.2) is 18.9 Å². The molecule has 24 atom stereocenters. The molecule has 0 amide bonds. The van der Waals surface area contributed by atoms with Gasteiger partial charge in [-0.2, -0.15) is 0 Å². The fourth-order valence-electron chi connectivity index (χ4n) is 7.49. The first-order chi connectivity index (χ1) is 27.6. The normalized spacial score (nSPS) is 45.8. The van der Waals surface area contributed by atoms with Gasteiger partial charge in [0.25, 0.3) is 0 Å². The van der Waals surface area contributed by atoms with E-state index in [0.29, 0.717) is 0 Å². The summed E-state index contributed by atoms with van der Waals surface area (Å²) in [5, 5.41) is 178. The van der Waals surface area contributed by atoms with Crippen LogP contribution in [0.3, 0.4) is 0 Å². The number of rotatable bonds is 17. The highest BCUT2D eigenvalue weighted by atomic mass is 16.8. The van der Waals surface area contributed by atoms with E-state index in [1.165, 1.54) is 0 Å². The predicted molar refractivity (Wildman–Crippen MR) is 189 cm³/mol. The molecule has 0 radical (unpaired) electrons. The van der Waals surface area contributed by atoms with E-state index in [1.807, 2.05) is 0 Å². The zero-order chi connectivity index (χ0) is 44.3. The van der Waals surface area contributed by atoms with Crippen LogP contribution >= 0.6 is 0 Å². The zero-order valence-corrected chi connectivity index (χ0v) is 32.8. The van der Waals surface area contributed by atoms with Crippen molar-refractivity contribution in [3.63, 3.8) is 0 Å². The van der Waals surface area contributed by atoms with Gasteiger partial charge in [0.1, 0.15) is 104 Å². The average molecular weight is 869 g/mol. The van der Waals surface area contributed by atoms with Crippen LogP contribution in [-0.2, 0) is 33.2 Å². The maximum absolute atomic E-state index is 11.2. The van der Waals surface area contributed by atoms with E-state index in [0.717, 1.165) is 0 Å². The first kappa shape index (κ1) is 50.7. The molecule has 0 aromatic carbocycles. The van der Waals surface area contributed by atoms with Gasteiger partial charge in [-0.3, -0.25) is 0 Å². The third kappa shape index (κ3) is 12.0. The summed E-state index contributed by atoms with van der Waals surface area (Å²) in [6.07, 6.45) is -40.7. The van der Waals surface area contributed by atoms with Crippen LogP contribution in [0.4, 0.5) is 0 Å². The third-order valence-electron chi connectivity index (χ3n) is 11.1. The van der Waals surface area contributed by atoms with Crippen molar-refractivity contribution in [3.8, 4) is 0 Å². The standard InChI is InChI=1S/C35H64O24/c1-35(2,3)5-12(39)19(42)20(43)13(40)9-53-14-4-11(6-36)18(41)30(23(14)46)58-34-28(51)26(49)22(45)17(57-34)10-54-32-29(52)31(24(47)16(8-38)55-32)59-33-27(50)25(48)21(44)15(7-37)56-33/h11-34,36-52H,4-10H2,1-3H3/t11-,12-,13-,14+,15-,16-,17-,18-,19-,20-,21-,22-,23-,24-,25+,26+,27+,28+,29+,30+,31+,32+,33-,34-/m1/s1. The summed E-state index contributed by atoms with van der Waals surface area (Å²) in [7, 11) is 0. The number of hydrogen-bond acceptors (Lipinski definition) is 24. The lowest BCUT2D eigenvalue weighted by Gasteiger charge is -2.47. The summed E-state index contributed by atoms with van der Waals surface area (Å²) in [5.41, 5.74) is -0.428. The molecule has 3 saturated heterocycles. The molecule has 1 saturated carbocycles. The first-order valence-corrected chi connectivity index (χ1v) is 19.4. The summed E-state index contributed by atoms with van der Waals surface area (Å²) >= 11 is 0. The molecule has 0 aromatic heterocycles. The minimum absolute atomic E-state index is 0.0810. The molecule has 24 heteroatoms. The van der Waals surface area contributed by atoms with Crippen molar-refractivity contribution in [3.05, 3.63) is 0 Å². The van der Waals surface area contributed by atoms with Crippen LogP contribution in [-0.4, -0.2) is 261 Å². The summed E-state index contributed by atoms with van der Waals surface area (Å²) in [6, 6.07) is 0. The topological polar surface area (TPSA) is 409 Å². The molecule has 3 aliphatic heterocycles. The van der Waals surface area contributed by atoms with Crippen molar-refractivity contribution in [1.82, 2.24) is 0 Å². The van der Waals surface area contributed by atoms with Gasteiger partial charge in [-0.25, -0.2) is 0 Å². The molecule has 4 rings (SSSR count). The molecule has 4 aliphatic rings. The SMILES string of the molecule is CC(C)(C)C[C@@H](O)[C@@H](O)[C@H](O)[C@H](O)CO[C@H]1C[C@H](CO)[C@@H](O)[C@H](O[C@H]2O[C@H](CO[C@H]3O[C@H](CO)[C@@H](O)[C@H](O[C@H]4O[C@H](CO)[C@@H](O)[C@H](O)[C@@H]4O)[C@@H]3O)[C@@H](O)[C@H](O)[C@@H]2O)[C@@H]1O. The zero-order valence-electron chi connectivity index (χ0n) is 32.8. The lowest BCUT2D eigenvalue weighted by molar-refractivity contribution is -0.368. The lowest BCUT2D eigenvalue weighted by Crippen LogP contribution is -2.65. The quantitative estimate of drug-likeness (QED) is 0.0645. The average Bonchev–Trinajstić information content (AvgIpc) is 3.19. The summed E-state index contributed by atoms with van der Waals surface area (Å²) in [5.74, 6) is -1.04. The van der Waals surface area contributed by atoms with E-state index in [9.17, 15) is 86.8 Å². The van der Waals surface area contributed by atoms with Gasteiger partial charge in [0.05, 0.1) is 44.7 Å². The molecule has 24 nitrogen and oxygen atoms in total. The van der Waals surface area contributed by atoms with Crippen LogP contribution in [0.15, 0.2) is 0 Å². The fraction of sp³-hybridized carbons (Fsp3) is 1.00. The van der Waals surface area contributed by atoms with Crippen LogP contribution in [0.1, 0.15) is 33.6 Å². The molecule has 348 valence electrons. The van der Waals surface area contributed by atoms with Crippen molar-refractivity contribution < 1.29 is 120 Å². The predicted octanol–water partition coefficient (Wildman–Crippen LogP) is -9.18. The molecule has 1 aliphatic carbocycles. The molecule has 0 spiro atoms. The summed E-state index contributed by atoms with van der Waals surface area (Å²) in [6.45, 7) is 1.53. The minimum atomic E-state index is -2.03. The molecule has 0 unspecified atom stereocenters. The number of hydrogen-bond donors (Lipinski definition) is 17. The van der Waals surface area contributed by atoms with E-state index in [2.05, 4.69) is 0 Å². The van der Waals surface area contributed by atoms with E-state index in [1.54, 1.807) is 20.8 Å². The Balaban J connectivity index is 1.41. The smallest absolute Gasteiger partial charge is 0.187 e. The molecule has 0 bridgehead atoms. The largest absolute Gasteiger partial charge is 0.396 e. The first-order valence-electron chi connectivity index (χ1n) is 19.4. The Morgan fingerprint density at radius 3 is 1.51 bits per heavy atom. The van der Waals surface area contributed by atoms with Crippen LogP contribution in [0.2, 0.25) is 0 Å². The lowest BCUT2D eigenvalue weighted by atomic mass is 9.81. The summed E-state index contributed by atoms with van der Waals surface area (Å²) in [4.78, 5) is 0. The molecular weight excluding hydrogens is 804 g/mol. The third-order valence-corrected chi connectivity index (χ3v) is 11.1. The Labute approximate surface area is 338 Å². The Morgan fingerprint density at radius 2 is 0.983 bits per heavy atom. The number of aliphatic hydroxyl groups is 17. The van der Waals surface area contributed by atoms with Gasteiger partial charge in [0.2, 0.25) is 0 Å². The van der Waals surface area contributed by atoms with Crippen LogP contribution in [0, 0.1) is 11.3 Å². The molecule has 3 heterocycles. The second-order valence-electron chi connectivity index (χ2n) is 16.9. The second-order valence-corrected chi connectivity index (χ2v) is 16.9. The van der Waals surface area contributed by atoms with E-state index >= 15 is 0 Å². The highest BCUT2D eigenvalue weighted by Gasteiger charge is 2.53. The highest BCUT2D eigenvalue weighted by molar-refractivity contribution is 4.98.